The lowest BCUT2D eigenvalue weighted by Gasteiger charge is -2.19. The van der Waals surface area contributed by atoms with Crippen molar-refractivity contribution in [3.8, 4) is 0 Å². The number of nitrogens with zero attached hydrogens (tertiary/aromatic N) is 1. The second-order valence-corrected chi connectivity index (χ2v) is 10.5. The molecule has 0 amide bonds. The van der Waals surface area contributed by atoms with Gasteiger partial charge in [0.25, 0.3) is 6.71 Å². The van der Waals surface area contributed by atoms with Crippen molar-refractivity contribution in [3.63, 3.8) is 0 Å². The van der Waals surface area contributed by atoms with Gasteiger partial charge in [-0.3, -0.25) is 4.99 Å². The minimum absolute atomic E-state index is 0.104. The standard InChI is InChI=1S/C40H30BNO3/c43-40(44)37(27-26-36-28-33(30-16-6-1-7-17-30)29-38(45-36)31-18-8-2-9-19-31)42-39(32-20-10-3-11-21-32)41(34-22-12-4-13-23-34)35-24-14-5-15-25-35/h1-29H,(H,43,44). The van der Waals surface area contributed by atoms with E-state index in [9.17, 15) is 9.90 Å². The third-order valence-corrected chi connectivity index (χ3v) is 7.45. The van der Waals surface area contributed by atoms with E-state index in [0.717, 1.165) is 33.2 Å². The summed E-state index contributed by atoms with van der Waals surface area (Å²) in [5.74, 6) is 0.0466. The molecule has 4 nitrogen and oxygen atoms in total. The summed E-state index contributed by atoms with van der Waals surface area (Å²) < 4.78 is 6.29. The van der Waals surface area contributed by atoms with Crippen molar-refractivity contribution >= 4 is 40.6 Å². The molecule has 5 aromatic rings. The third-order valence-electron chi connectivity index (χ3n) is 7.45. The molecular formula is C40H30BNO3. The van der Waals surface area contributed by atoms with Crippen molar-refractivity contribution in [1.82, 2.24) is 0 Å². The molecule has 0 radical (unpaired) electrons. The Hall–Kier alpha value is -5.94. The summed E-state index contributed by atoms with van der Waals surface area (Å²) in [6.07, 6.45) is 7.10. The SMILES string of the molecule is O=C(O)C(=CC=C1C=C(c2ccccc2)C=C(c2ccccc2)O1)N=C(B(c1ccccc1)c1ccccc1)c1ccccc1. The van der Waals surface area contributed by atoms with Crippen LogP contribution in [0.5, 0.6) is 0 Å². The quantitative estimate of drug-likeness (QED) is 0.112. The first-order valence-electron chi connectivity index (χ1n) is 14.8. The molecule has 1 aliphatic heterocycles. The highest BCUT2D eigenvalue weighted by Crippen LogP contribution is 2.31. The maximum Gasteiger partial charge on any atom is 0.354 e. The number of ether oxygens (including phenoxy) is 1. The van der Waals surface area contributed by atoms with E-state index in [1.54, 1.807) is 6.08 Å². The minimum Gasteiger partial charge on any atom is -0.477 e. The van der Waals surface area contributed by atoms with Crippen molar-refractivity contribution in [1.29, 1.82) is 0 Å². The topological polar surface area (TPSA) is 58.9 Å². The second-order valence-electron chi connectivity index (χ2n) is 10.5. The molecule has 45 heavy (non-hydrogen) atoms. The van der Waals surface area contributed by atoms with Gasteiger partial charge >= 0.3 is 5.97 Å². The number of hydrogen-bond acceptors (Lipinski definition) is 3. The van der Waals surface area contributed by atoms with Gasteiger partial charge in [0.15, 0.2) is 0 Å². The third kappa shape index (κ3) is 7.18. The van der Waals surface area contributed by atoms with Crippen LogP contribution in [0.3, 0.4) is 0 Å². The zero-order chi connectivity index (χ0) is 30.8. The first kappa shape index (κ1) is 29.2. The number of aliphatic carboxylic acids is 1. The highest BCUT2D eigenvalue weighted by Gasteiger charge is 2.27. The molecule has 1 N–H and O–H groups in total. The van der Waals surface area contributed by atoms with Gasteiger partial charge in [0, 0.05) is 11.2 Å². The van der Waals surface area contributed by atoms with Crippen molar-refractivity contribution < 1.29 is 14.6 Å². The maximum absolute atomic E-state index is 12.7. The molecule has 5 aromatic carbocycles. The zero-order valence-corrected chi connectivity index (χ0v) is 24.5. The Kier molecular flexibility index (Phi) is 9.08. The Labute approximate surface area is 263 Å². The van der Waals surface area contributed by atoms with Crippen LogP contribution in [-0.2, 0) is 9.53 Å². The molecule has 0 fully saturated rings. The van der Waals surface area contributed by atoms with Gasteiger partial charge in [0.05, 0.1) is 0 Å². The number of aliphatic imine (C=N–C) groups is 1. The Morgan fingerprint density at radius 1 is 0.622 bits per heavy atom. The fourth-order valence-electron chi connectivity index (χ4n) is 5.30. The predicted octanol–water partition coefficient (Wildman–Crippen LogP) is 7.33. The van der Waals surface area contributed by atoms with E-state index in [4.69, 9.17) is 9.73 Å². The first-order valence-corrected chi connectivity index (χ1v) is 14.8. The minimum atomic E-state index is -1.14. The van der Waals surface area contributed by atoms with Crippen LogP contribution < -0.4 is 10.9 Å². The molecule has 0 saturated heterocycles. The van der Waals surface area contributed by atoms with Gasteiger partial charge in [0.1, 0.15) is 17.2 Å². The number of carboxylic acid groups (broad SMARTS) is 1. The monoisotopic (exact) mass is 583 g/mol. The van der Waals surface area contributed by atoms with Gasteiger partial charge in [-0.05, 0) is 41.0 Å². The Morgan fingerprint density at radius 3 is 1.64 bits per heavy atom. The largest absolute Gasteiger partial charge is 0.477 e. The summed E-state index contributed by atoms with van der Waals surface area (Å²) in [5, 5.41) is 10.4. The number of carbonyl (C=O) groups is 1. The van der Waals surface area contributed by atoms with Gasteiger partial charge in [-0.15, -0.1) is 0 Å². The molecular weight excluding hydrogens is 553 g/mol. The van der Waals surface area contributed by atoms with E-state index in [1.807, 2.05) is 164 Å². The summed E-state index contributed by atoms with van der Waals surface area (Å²) in [7, 11) is 0. The molecule has 0 aliphatic carbocycles. The van der Waals surface area contributed by atoms with Gasteiger partial charge in [-0.1, -0.05) is 163 Å². The van der Waals surface area contributed by atoms with E-state index in [1.165, 1.54) is 6.08 Å². The van der Waals surface area contributed by atoms with Crippen LogP contribution in [0.4, 0.5) is 0 Å². The summed E-state index contributed by atoms with van der Waals surface area (Å²) in [5.41, 5.74) is 6.30. The second kappa shape index (κ2) is 14.0. The smallest absolute Gasteiger partial charge is 0.354 e. The highest BCUT2D eigenvalue weighted by molar-refractivity contribution is 7.10. The molecule has 6 rings (SSSR count). The first-order chi connectivity index (χ1) is 22.2. The van der Waals surface area contributed by atoms with Crippen molar-refractivity contribution in [3.05, 3.63) is 204 Å². The average molecular weight is 583 g/mol. The molecule has 216 valence electrons. The maximum atomic E-state index is 12.7. The molecule has 0 atom stereocenters. The zero-order valence-electron chi connectivity index (χ0n) is 24.5. The van der Waals surface area contributed by atoms with E-state index in [0.29, 0.717) is 17.1 Å². The predicted molar refractivity (Wildman–Crippen MR) is 185 cm³/mol. The molecule has 0 aromatic heterocycles. The Morgan fingerprint density at radius 2 is 1.11 bits per heavy atom. The fraction of sp³-hybridized carbons (Fsp3) is 0. The van der Waals surface area contributed by atoms with Gasteiger partial charge in [-0.25, -0.2) is 4.79 Å². The normalized spacial score (nSPS) is 14.3. The number of allylic oxidation sites excluding steroid dienone is 5. The summed E-state index contributed by atoms with van der Waals surface area (Å²) >= 11 is 0. The number of benzene rings is 5. The molecule has 0 spiro atoms. The van der Waals surface area contributed by atoms with E-state index >= 15 is 0 Å². The van der Waals surface area contributed by atoms with E-state index in [2.05, 4.69) is 0 Å². The molecule has 1 aliphatic rings. The summed E-state index contributed by atoms with van der Waals surface area (Å²) in [6.45, 7) is -0.298. The molecule has 0 unspecified atom stereocenters. The number of carboxylic acids is 1. The molecule has 1 heterocycles. The molecule has 5 heteroatoms. The van der Waals surface area contributed by atoms with Crippen LogP contribution in [0.1, 0.15) is 16.7 Å². The van der Waals surface area contributed by atoms with Crippen LogP contribution in [0.2, 0.25) is 0 Å². The fourth-order valence-corrected chi connectivity index (χ4v) is 5.30. The lowest BCUT2D eigenvalue weighted by Crippen LogP contribution is -2.49. The van der Waals surface area contributed by atoms with Crippen LogP contribution in [-0.4, -0.2) is 23.4 Å². The highest BCUT2D eigenvalue weighted by atomic mass is 16.5. The van der Waals surface area contributed by atoms with Gasteiger partial charge in [0.2, 0.25) is 0 Å². The summed E-state index contributed by atoms with van der Waals surface area (Å²) in [6, 6.07) is 49.7. The van der Waals surface area contributed by atoms with Crippen molar-refractivity contribution in [2.75, 3.05) is 0 Å². The van der Waals surface area contributed by atoms with Crippen LogP contribution in [0, 0.1) is 0 Å². The Bertz CT molecular complexity index is 1870. The lowest BCUT2D eigenvalue weighted by atomic mass is 9.36. The molecule has 0 bridgehead atoms. The van der Waals surface area contributed by atoms with Crippen molar-refractivity contribution in [2.45, 2.75) is 0 Å². The van der Waals surface area contributed by atoms with Gasteiger partial charge < -0.3 is 9.84 Å². The molecule has 0 saturated carbocycles. The average Bonchev–Trinajstić information content (AvgIpc) is 3.11. The van der Waals surface area contributed by atoms with Gasteiger partial charge in [-0.2, -0.15) is 0 Å². The van der Waals surface area contributed by atoms with Crippen LogP contribution >= 0.6 is 0 Å². The number of rotatable bonds is 9. The number of hydrogen-bond donors (Lipinski definition) is 1. The van der Waals surface area contributed by atoms with Crippen LogP contribution in [0.15, 0.2) is 192 Å². The Balaban J connectivity index is 1.47. The van der Waals surface area contributed by atoms with Crippen molar-refractivity contribution in [2.24, 2.45) is 4.99 Å². The van der Waals surface area contributed by atoms with Crippen LogP contribution in [0.25, 0.3) is 11.3 Å². The summed E-state index contributed by atoms with van der Waals surface area (Å²) in [4.78, 5) is 17.6. The lowest BCUT2D eigenvalue weighted by molar-refractivity contribution is -0.132. The van der Waals surface area contributed by atoms with E-state index in [-0.39, 0.29) is 12.4 Å². The van der Waals surface area contributed by atoms with E-state index < -0.39 is 5.97 Å².